The van der Waals surface area contributed by atoms with Gasteiger partial charge in [-0.3, -0.25) is 0 Å². The fourth-order valence-electron chi connectivity index (χ4n) is 2.08. The number of hydrogen-bond acceptors (Lipinski definition) is 4. The summed E-state index contributed by atoms with van der Waals surface area (Å²) in [6, 6.07) is 14.3. The fraction of sp³-hybridized carbons (Fsp3) is 0. The van der Waals surface area contributed by atoms with Crippen LogP contribution in [0.1, 0.15) is 0 Å². The Bertz CT molecular complexity index is 837. The highest BCUT2D eigenvalue weighted by Gasteiger charge is 2.22. The van der Waals surface area contributed by atoms with Crippen molar-refractivity contribution in [3.05, 3.63) is 66.4 Å². The first-order valence-electron chi connectivity index (χ1n) is 7.29. The normalized spacial score (nSPS) is 10.6. The van der Waals surface area contributed by atoms with Crippen LogP contribution in [-0.4, -0.2) is 0 Å². The summed E-state index contributed by atoms with van der Waals surface area (Å²) in [6.07, 6.45) is 0. The van der Waals surface area contributed by atoms with Gasteiger partial charge in [-0.05, 0) is 112 Å². The maximum absolute atomic E-state index is 6.00. The molecule has 3 rings (SSSR count). The van der Waals surface area contributed by atoms with Crippen molar-refractivity contribution in [3.63, 3.8) is 0 Å². The van der Waals surface area contributed by atoms with Crippen molar-refractivity contribution < 1.29 is 9.47 Å². The molecule has 0 unspecified atom stereocenters. The summed E-state index contributed by atoms with van der Waals surface area (Å²) in [5, 5.41) is 0. The number of anilines is 2. The first-order valence-corrected chi connectivity index (χ1v) is 10.5. The second kappa shape index (κ2) is 8.21. The van der Waals surface area contributed by atoms with Crippen molar-refractivity contribution in [2.75, 3.05) is 11.5 Å². The van der Waals surface area contributed by atoms with Gasteiger partial charge >= 0.3 is 0 Å². The zero-order chi connectivity index (χ0) is 18.8. The molecule has 4 N–H and O–H groups in total. The van der Waals surface area contributed by atoms with E-state index < -0.39 is 0 Å². The molecule has 134 valence electrons. The third kappa shape index (κ3) is 4.19. The van der Waals surface area contributed by atoms with Crippen molar-refractivity contribution in [2.45, 2.75) is 0 Å². The van der Waals surface area contributed by atoms with Gasteiger partial charge in [-0.25, -0.2) is 0 Å². The van der Waals surface area contributed by atoms with Crippen LogP contribution in [0.2, 0.25) is 0 Å². The van der Waals surface area contributed by atoms with Crippen molar-refractivity contribution in [3.8, 4) is 23.0 Å². The molecular weight excluding hydrogens is 596 g/mol. The van der Waals surface area contributed by atoms with Crippen molar-refractivity contribution in [1.82, 2.24) is 0 Å². The lowest BCUT2D eigenvalue weighted by Gasteiger charge is -2.17. The van der Waals surface area contributed by atoms with Crippen LogP contribution in [0, 0.1) is 0 Å². The first kappa shape index (κ1) is 19.5. The molecule has 0 fully saturated rings. The largest absolute Gasteiger partial charge is 0.455 e. The van der Waals surface area contributed by atoms with E-state index in [1.54, 1.807) is 48.5 Å². The van der Waals surface area contributed by atoms with Gasteiger partial charge < -0.3 is 20.9 Å². The van der Waals surface area contributed by atoms with Gasteiger partial charge in [0.2, 0.25) is 0 Å². The van der Waals surface area contributed by atoms with Crippen LogP contribution in [0.3, 0.4) is 0 Å². The van der Waals surface area contributed by atoms with Gasteiger partial charge in [-0.1, -0.05) is 0 Å². The zero-order valence-corrected chi connectivity index (χ0v) is 19.4. The summed E-state index contributed by atoms with van der Waals surface area (Å²) in [6.45, 7) is 0. The van der Waals surface area contributed by atoms with Gasteiger partial charge in [-0.15, -0.1) is 0 Å². The lowest BCUT2D eigenvalue weighted by molar-refractivity contribution is 0.458. The third-order valence-corrected chi connectivity index (χ3v) is 7.47. The summed E-state index contributed by atoms with van der Waals surface area (Å²) in [4.78, 5) is 0. The third-order valence-electron chi connectivity index (χ3n) is 3.38. The number of hydrogen-bond donors (Lipinski definition) is 2. The van der Waals surface area contributed by atoms with Crippen molar-refractivity contribution in [2.24, 2.45) is 0 Å². The highest BCUT2D eigenvalue weighted by molar-refractivity contribution is 9.14. The lowest BCUT2D eigenvalue weighted by Crippen LogP contribution is -1.94. The fourth-order valence-corrected chi connectivity index (χ4v) is 4.45. The Balaban J connectivity index is 1.98. The standard InChI is InChI=1S/C18H12Br4N2O2/c19-13-15(21)18(26-12-7-3-10(24)4-8-12)16(22)14(20)17(13)25-11-5-1-9(23)2-6-11/h1-8H,23-24H2. The van der Waals surface area contributed by atoms with E-state index in [-0.39, 0.29) is 0 Å². The summed E-state index contributed by atoms with van der Waals surface area (Å²) in [7, 11) is 0. The monoisotopic (exact) mass is 604 g/mol. The van der Waals surface area contributed by atoms with Crippen LogP contribution in [-0.2, 0) is 0 Å². The van der Waals surface area contributed by atoms with Crippen LogP contribution in [0.25, 0.3) is 0 Å². The Morgan fingerprint density at radius 2 is 0.769 bits per heavy atom. The van der Waals surface area contributed by atoms with Gasteiger partial charge in [-0.2, -0.15) is 0 Å². The second-order valence-corrected chi connectivity index (χ2v) is 8.43. The first-order chi connectivity index (χ1) is 12.4. The molecule has 26 heavy (non-hydrogen) atoms. The SMILES string of the molecule is Nc1ccc(Oc2c(Br)c(Br)c(Oc3ccc(N)cc3)c(Br)c2Br)cc1. The van der Waals surface area contributed by atoms with Crippen LogP contribution < -0.4 is 20.9 Å². The number of benzene rings is 3. The molecule has 0 bridgehead atoms. The predicted molar refractivity (Wildman–Crippen MR) is 119 cm³/mol. The predicted octanol–water partition coefficient (Wildman–Crippen LogP) is 7.49. The quantitative estimate of drug-likeness (QED) is 0.238. The molecule has 0 aliphatic carbocycles. The van der Waals surface area contributed by atoms with E-state index in [0.29, 0.717) is 52.3 Å². The van der Waals surface area contributed by atoms with Crippen LogP contribution in [0.5, 0.6) is 23.0 Å². The molecule has 0 aliphatic rings. The van der Waals surface area contributed by atoms with E-state index in [4.69, 9.17) is 20.9 Å². The van der Waals surface area contributed by atoms with Gasteiger partial charge in [0.1, 0.15) is 11.5 Å². The molecule has 0 saturated carbocycles. The average molecular weight is 608 g/mol. The molecular formula is C18H12Br4N2O2. The summed E-state index contributed by atoms with van der Waals surface area (Å²) in [5.41, 5.74) is 12.8. The van der Waals surface area contributed by atoms with Crippen molar-refractivity contribution in [1.29, 1.82) is 0 Å². The minimum absolute atomic E-state index is 0.596. The Hall–Kier alpha value is -1.22. The number of ether oxygens (including phenoxy) is 2. The molecule has 4 nitrogen and oxygen atoms in total. The van der Waals surface area contributed by atoms with E-state index >= 15 is 0 Å². The molecule has 0 radical (unpaired) electrons. The maximum atomic E-state index is 6.00. The van der Waals surface area contributed by atoms with Crippen molar-refractivity contribution >= 4 is 75.1 Å². The highest BCUT2D eigenvalue weighted by atomic mass is 79.9. The molecule has 0 aromatic heterocycles. The Morgan fingerprint density at radius 3 is 1.04 bits per heavy atom. The number of nitrogen functional groups attached to an aromatic ring is 2. The highest BCUT2D eigenvalue weighted by Crippen LogP contribution is 2.52. The van der Waals surface area contributed by atoms with E-state index in [2.05, 4.69) is 63.7 Å². The number of nitrogens with two attached hydrogens (primary N) is 2. The smallest absolute Gasteiger partial charge is 0.158 e. The van der Waals surface area contributed by atoms with Gasteiger partial charge in [0.15, 0.2) is 11.5 Å². The minimum Gasteiger partial charge on any atom is -0.455 e. The molecule has 0 atom stereocenters. The molecule has 3 aromatic rings. The van der Waals surface area contributed by atoms with E-state index in [9.17, 15) is 0 Å². The molecule has 0 spiro atoms. The number of halogens is 4. The van der Waals surface area contributed by atoms with Gasteiger partial charge in [0.25, 0.3) is 0 Å². The maximum Gasteiger partial charge on any atom is 0.158 e. The van der Waals surface area contributed by atoms with Crippen LogP contribution >= 0.6 is 63.7 Å². The molecule has 8 heteroatoms. The van der Waals surface area contributed by atoms with E-state index in [1.165, 1.54) is 0 Å². The van der Waals surface area contributed by atoms with Crippen LogP contribution in [0.4, 0.5) is 11.4 Å². The van der Waals surface area contributed by atoms with Crippen LogP contribution in [0.15, 0.2) is 66.4 Å². The Labute approximate surface area is 184 Å². The lowest BCUT2D eigenvalue weighted by atomic mass is 10.3. The van der Waals surface area contributed by atoms with Gasteiger partial charge in [0, 0.05) is 11.4 Å². The summed E-state index contributed by atoms with van der Waals surface area (Å²) >= 11 is 14.3. The van der Waals surface area contributed by atoms with E-state index in [1.807, 2.05) is 0 Å². The molecule has 0 saturated heterocycles. The Kier molecular flexibility index (Phi) is 6.17. The molecule has 0 heterocycles. The average Bonchev–Trinajstić information content (AvgIpc) is 2.64. The molecule has 0 amide bonds. The summed E-state index contributed by atoms with van der Waals surface area (Å²) < 4.78 is 14.8. The summed E-state index contributed by atoms with van der Waals surface area (Å²) in [5.74, 6) is 2.51. The minimum atomic E-state index is 0.596. The topological polar surface area (TPSA) is 70.5 Å². The zero-order valence-electron chi connectivity index (χ0n) is 13.1. The Morgan fingerprint density at radius 1 is 0.500 bits per heavy atom. The second-order valence-electron chi connectivity index (χ2n) is 5.26. The molecule has 0 aliphatic heterocycles. The molecule has 3 aromatic carbocycles. The number of rotatable bonds is 4. The van der Waals surface area contributed by atoms with E-state index in [0.717, 1.165) is 0 Å². The van der Waals surface area contributed by atoms with Gasteiger partial charge in [0.05, 0.1) is 17.9 Å².